The van der Waals surface area contributed by atoms with Crippen LogP contribution in [0.3, 0.4) is 0 Å². The van der Waals surface area contributed by atoms with E-state index in [2.05, 4.69) is 5.32 Å². The second kappa shape index (κ2) is 8.88. The van der Waals surface area contributed by atoms with Gasteiger partial charge in [-0.15, -0.1) is 0 Å². The summed E-state index contributed by atoms with van der Waals surface area (Å²) in [5, 5.41) is 3.34. The lowest BCUT2D eigenvalue weighted by Gasteiger charge is -2.06. The molecular formula is C20H18ClNO4S. The summed E-state index contributed by atoms with van der Waals surface area (Å²) in [6.45, 7) is 2.49. The maximum Gasteiger partial charge on any atom is 0.291 e. The Morgan fingerprint density at radius 1 is 1.07 bits per heavy atom. The Balaban J connectivity index is 1.61. The predicted molar refractivity (Wildman–Crippen MR) is 106 cm³/mol. The number of carbonyl (C=O) groups excluding carboxylic acids is 1. The summed E-state index contributed by atoms with van der Waals surface area (Å²) in [5.74, 6) is 1.17. The van der Waals surface area contributed by atoms with E-state index in [1.54, 1.807) is 60.7 Å². The van der Waals surface area contributed by atoms with Crippen LogP contribution < -0.4 is 10.1 Å². The molecule has 1 N–H and O–H groups in total. The third-order valence-electron chi connectivity index (χ3n) is 3.66. The quantitative estimate of drug-likeness (QED) is 0.609. The normalized spacial score (nSPS) is 11.8. The first-order valence-corrected chi connectivity index (χ1v) is 10.0. The zero-order valence-corrected chi connectivity index (χ0v) is 16.2. The fourth-order valence-corrected chi connectivity index (χ4v) is 3.52. The molecule has 3 rings (SSSR count). The van der Waals surface area contributed by atoms with Gasteiger partial charge in [0.1, 0.15) is 11.5 Å². The molecule has 0 aliphatic carbocycles. The molecule has 0 unspecified atom stereocenters. The van der Waals surface area contributed by atoms with Gasteiger partial charge in [-0.05, 0) is 67.6 Å². The van der Waals surface area contributed by atoms with Crippen molar-refractivity contribution in [1.82, 2.24) is 0 Å². The Labute approximate surface area is 164 Å². The Morgan fingerprint density at radius 2 is 1.78 bits per heavy atom. The fourth-order valence-electron chi connectivity index (χ4n) is 2.37. The molecule has 0 spiro atoms. The predicted octanol–water partition coefficient (Wildman–Crippen LogP) is 4.89. The van der Waals surface area contributed by atoms with E-state index in [9.17, 15) is 9.00 Å². The van der Waals surface area contributed by atoms with Crippen molar-refractivity contribution >= 4 is 34.0 Å². The molecule has 0 fully saturated rings. The average Bonchev–Trinajstić information content (AvgIpc) is 3.13. The molecule has 5 nitrogen and oxygen atoms in total. The van der Waals surface area contributed by atoms with Crippen LogP contribution in [0, 0.1) is 0 Å². The molecule has 0 aliphatic heterocycles. The minimum Gasteiger partial charge on any atom is -0.494 e. The van der Waals surface area contributed by atoms with E-state index in [1.807, 2.05) is 6.92 Å². The second-order valence-corrected chi connectivity index (χ2v) is 7.51. The number of furan rings is 1. The maximum absolute atomic E-state index is 12.4. The fraction of sp³-hybridized carbons (Fsp3) is 0.150. The number of hydrogen-bond acceptors (Lipinski definition) is 4. The van der Waals surface area contributed by atoms with Crippen LogP contribution >= 0.6 is 11.6 Å². The van der Waals surface area contributed by atoms with Gasteiger partial charge in [-0.2, -0.15) is 0 Å². The van der Waals surface area contributed by atoms with Crippen molar-refractivity contribution in [1.29, 1.82) is 0 Å². The van der Waals surface area contributed by atoms with Crippen LogP contribution in [0.25, 0.3) is 0 Å². The summed E-state index contributed by atoms with van der Waals surface area (Å²) in [5.41, 5.74) is 0.631. The van der Waals surface area contributed by atoms with Crippen LogP contribution in [0.1, 0.15) is 23.2 Å². The molecule has 27 heavy (non-hydrogen) atoms. The maximum atomic E-state index is 12.4. The highest BCUT2D eigenvalue weighted by atomic mass is 35.5. The van der Waals surface area contributed by atoms with E-state index in [-0.39, 0.29) is 17.4 Å². The van der Waals surface area contributed by atoms with Gasteiger partial charge in [0.25, 0.3) is 5.91 Å². The molecule has 7 heteroatoms. The van der Waals surface area contributed by atoms with E-state index in [0.29, 0.717) is 28.0 Å². The molecule has 0 aliphatic rings. The molecule has 1 aromatic heterocycles. The number of carbonyl (C=O) groups is 1. The molecule has 1 heterocycles. The van der Waals surface area contributed by atoms with Crippen LogP contribution in [0.2, 0.25) is 5.02 Å². The average molecular weight is 404 g/mol. The lowest BCUT2D eigenvalue weighted by molar-refractivity contribution is 0.0995. The molecule has 0 saturated heterocycles. The van der Waals surface area contributed by atoms with E-state index in [0.717, 1.165) is 5.75 Å². The highest BCUT2D eigenvalue weighted by molar-refractivity contribution is 7.84. The van der Waals surface area contributed by atoms with Gasteiger partial charge < -0.3 is 14.5 Å². The number of anilines is 1. The van der Waals surface area contributed by atoms with Gasteiger partial charge in [0.2, 0.25) is 0 Å². The van der Waals surface area contributed by atoms with E-state index < -0.39 is 10.8 Å². The molecule has 0 bridgehead atoms. The lowest BCUT2D eigenvalue weighted by Crippen LogP contribution is -2.10. The number of benzene rings is 2. The molecule has 1 atom stereocenters. The number of halogens is 1. The summed E-state index contributed by atoms with van der Waals surface area (Å²) in [6, 6.07) is 17.1. The van der Waals surface area contributed by atoms with Crippen LogP contribution in [-0.4, -0.2) is 16.7 Å². The van der Waals surface area contributed by atoms with Gasteiger partial charge >= 0.3 is 0 Å². The SMILES string of the molecule is CCOc1ccc(NC(=O)c2ccc(C[S@](=O)c3ccc(Cl)cc3)o2)cc1. The molecule has 140 valence electrons. The number of amides is 1. The van der Waals surface area contributed by atoms with Crippen LogP contribution in [0.5, 0.6) is 5.75 Å². The number of ether oxygens (including phenoxy) is 1. The van der Waals surface area contributed by atoms with Gasteiger partial charge in [0.15, 0.2) is 5.76 Å². The Kier molecular flexibility index (Phi) is 6.32. The van der Waals surface area contributed by atoms with E-state index in [1.165, 1.54) is 0 Å². The first-order chi connectivity index (χ1) is 13.0. The molecular weight excluding hydrogens is 386 g/mol. The third kappa shape index (κ3) is 5.21. The standard InChI is InChI=1S/C20H18ClNO4S/c1-2-25-16-7-5-15(6-8-16)22-20(23)19-12-9-17(26-19)13-27(24)18-10-3-14(21)4-11-18/h3-12H,2,13H2,1H3,(H,22,23)/t27-/m0/s1. The van der Waals surface area contributed by atoms with Gasteiger partial charge in [0.05, 0.1) is 23.2 Å². The smallest absolute Gasteiger partial charge is 0.291 e. The summed E-state index contributed by atoms with van der Waals surface area (Å²) >= 11 is 5.84. The first-order valence-electron chi connectivity index (χ1n) is 8.32. The van der Waals surface area contributed by atoms with E-state index >= 15 is 0 Å². The number of rotatable bonds is 7. The van der Waals surface area contributed by atoms with Crippen LogP contribution in [-0.2, 0) is 16.6 Å². The number of nitrogens with one attached hydrogen (secondary N) is 1. The van der Waals surface area contributed by atoms with Crippen molar-refractivity contribution in [2.75, 3.05) is 11.9 Å². The monoisotopic (exact) mass is 403 g/mol. The molecule has 0 radical (unpaired) electrons. The first kappa shape index (κ1) is 19.2. The Morgan fingerprint density at radius 3 is 2.44 bits per heavy atom. The van der Waals surface area contributed by atoms with Crippen LogP contribution in [0.4, 0.5) is 5.69 Å². The van der Waals surface area contributed by atoms with Gasteiger partial charge in [-0.1, -0.05) is 11.6 Å². The van der Waals surface area contributed by atoms with Crippen molar-refractivity contribution in [2.24, 2.45) is 0 Å². The Bertz CT molecular complexity index is 935. The van der Waals surface area contributed by atoms with Crippen molar-refractivity contribution in [2.45, 2.75) is 17.6 Å². The molecule has 3 aromatic rings. The highest BCUT2D eigenvalue weighted by Gasteiger charge is 2.14. The van der Waals surface area contributed by atoms with Gasteiger partial charge in [-0.3, -0.25) is 9.00 Å². The van der Waals surface area contributed by atoms with Gasteiger partial charge in [0, 0.05) is 15.6 Å². The molecule has 1 amide bonds. The van der Waals surface area contributed by atoms with Crippen molar-refractivity contribution in [3.05, 3.63) is 77.2 Å². The lowest BCUT2D eigenvalue weighted by atomic mass is 10.3. The van der Waals surface area contributed by atoms with Gasteiger partial charge in [-0.25, -0.2) is 0 Å². The topological polar surface area (TPSA) is 68.5 Å². The Hall–Kier alpha value is -2.57. The largest absolute Gasteiger partial charge is 0.494 e. The second-order valence-electron chi connectivity index (χ2n) is 5.62. The zero-order valence-electron chi connectivity index (χ0n) is 14.6. The van der Waals surface area contributed by atoms with E-state index in [4.69, 9.17) is 20.8 Å². The van der Waals surface area contributed by atoms with Crippen molar-refractivity contribution in [3.8, 4) is 5.75 Å². The van der Waals surface area contributed by atoms with Crippen LogP contribution in [0.15, 0.2) is 70.0 Å². The third-order valence-corrected chi connectivity index (χ3v) is 5.26. The van der Waals surface area contributed by atoms with Crippen molar-refractivity contribution in [3.63, 3.8) is 0 Å². The summed E-state index contributed by atoms with van der Waals surface area (Å²) in [6.07, 6.45) is 0. The highest BCUT2D eigenvalue weighted by Crippen LogP contribution is 2.19. The zero-order chi connectivity index (χ0) is 19.2. The summed E-state index contributed by atoms with van der Waals surface area (Å²) < 4.78 is 23.3. The minimum atomic E-state index is -1.28. The summed E-state index contributed by atoms with van der Waals surface area (Å²) in [4.78, 5) is 13.0. The summed E-state index contributed by atoms with van der Waals surface area (Å²) in [7, 11) is -1.28. The number of hydrogen-bond donors (Lipinski definition) is 1. The minimum absolute atomic E-state index is 0.159. The van der Waals surface area contributed by atoms with Crippen molar-refractivity contribution < 1.29 is 18.2 Å². The molecule has 0 saturated carbocycles. The molecule has 2 aromatic carbocycles.